The van der Waals surface area contributed by atoms with Crippen LogP contribution in [0.25, 0.3) is 0 Å². The normalized spacial score (nSPS) is 13.7. The fourth-order valence-electron chi connectivity index (χ4n) is 1.40. The number of anilines is 2. The second-order valence-electron chi connectivity index (χ2n) is 3.13. The molecule has 0 aliphatic carbocycles. The van der Waals surface area contributed by atoms with Crippen LogP contribution >= 0.6 is 23.3 Å². The third kappa shape index (κ3) is 1.53. The number of nitrogens with zero attached hydrogens (tertiary/aromatic N) is 1. The summed E-state index contributed by atoms with van der Waals surface area (Å²) in [6.45, 7) is 0. The van der Waals surface area contributed by atoms with Crippen LogP contribution in [0, 0.1) is 0 Å². The van der Waals surface area contributed by atoms with Crippen molar-refractivity contribution in [2.75, 3.05) is 9.84 Å². The van der Waals surface area contributed by atoms with Gasteiger partial charge in [-0.1, -0.05) is 6.07 Å². The van der Waals surface area contributed by atoms with Crippen LogP contribution in [0.2, 0.25) is 0 Å². The van der Waals surface area contributed by atoms with Crippen LogP contribution < -0.4 is 9.84 Å². The molecule has 3 rings (SSSR count). The molecule has 0 saturated heterocycles. The number of hydrogen-bond acceptors (Lipinski definition) is 5. The summed E-state index contributed by atoms with van der Waals surface area (Å²) in [4.78, 5) is 1.23. The minimum absolute atomic E-state index is 0.283. The van der Waals surface area contributed by atoms with Gasteiger partial charge in [-0.2, -0.15) is 0 Å². The molecule has 0 saturated carbocycles. The van der Waals surface area contributed by atoms with Crippen LogP contribution in [0.5, 0.6) is 5.75 Å². The summed E-state index contributed by atoms with van der Waals surface area (Å²) in [5.74, 6) is 0.283. The lowest BCUT2D eigenvalue weighted by molar-refractivity contribution is 0.475. The lowest BCUT2D eigenvalue weighted by Gasteiger charge is -2.16. The zero-order chi connectivity index (χ0) is 10.3. The highest BCUT2D eigenvalue weighted by molar-refractivity contribution is 8.01. The Labute approximate surface area is 95.5 Å². The Morgan fingerprint density at radius 3 is 3.00 bits per heavy atom. The standard InChI is InChI=1S/C10H8N2OS2/c13-8-3-1-2-7(6-8)12-11-10-9(15-12)4-5-14-10/h1-6,11,13H. The molecule has 3 nitrogen and oxygen atoms in total. The summed E-state index contributed by atoms with van der Waals surface area (Å²) in [5, 5.41) is 12.6. The molecule has 5 heteroatoms. The monoisotopic (exact) mass is 236 g/mol. The molecule has 0 bridgehead atoms. The van der Waals surface area contributed by atoms with Gasteiger partial charge in [-0.25, -0.2) is 4.41 Å². The summed E-state index contributed by atoms with van der Waals surface area (Å²) in [7, 11) is 0. The van der Waals surface area contributed by atoms with Gasteiger partial charge in [0.1, 0.15) is 10.8 Å². The van der Waals surface area contributed by atoms with Gasteiger partial charge in [0.05, 0.1) is 10.6 Å². The van der Waals surface area contributed by atoms with Crippen molar-refractivity contribution >= 4 is 34.0 Å². The highest BCUT2D eigenvalue weighted by atomic mass is 32.2. The van der Waals surface area contributed by atoms with Crippen molar-refractivity contribution in [3.63, 3.8) is 0 Å². The number of hydrogen-bond donors (Lipinski definition) is 2. The Morgan fingerprint density at radius 1 is 1.27 bits per heavy atom. The molecule has 1 aliphatic rings. The molecule has 2 aromatic rings. The zero-order valence-corrected chi connectivity index (χ0v) is 9.31. The quantitative estimate of drug-likeness (QED) is 0.745. The highest BCUT2D eigenvalue weighted by Crippen LogP contribution is 2.43. The van der Waals surface area contributed by atoms with E-state index in [0.29, 0.717) is 0 Å². The van der Waals surface area contributed by atoms with E-state index in [-0.39, 0.29) is 5.75 Å². The number of phenolic OH excluding ortho intramolecular Hbond substituents is 1. The molecule has 0 unspecified atom stereocenters. The molecule has 1 aliphatic heterocycles. The van der Waals surface area contributed by atoms with Crippen molar-refractivity contribution in [3.8, 4) is 5.75 Å². The molecule has 1 aromatic carbocycles. The van der Waals surface area contributed by atoms with Crippen molar-refractivity contribution in [1.29, 1.82) is 0 Å². The predicted octanol–water partition coefficient (Wildman–Crippen LogP) is 3.31. The minimum Gasteiger partial charge on any atom is -0.508 e. The molecule has 0 fully saturated rings. The van der Waals surface area contributed by atoms with E-state index in [4.69, 9.17) is 0 Å². The lowest BCUT2D eigenvalue weighted by atomic mass is 10.3. The zero-order valence-electron chi connectivity index (χ0n) is 7.68. The number of hydrazine groups is 1. The van der Waals surface area contributed by atoms with Gasteiger partial charge in [-0.05, 0) is 23.6 Å². The van der Waals surface area contributed by atoms with Crippen LogP contribution in [0.4, 0.5) is 10.7 Å². The molecule has 0 radical (unpaired) electrons. The van der Waals surface area contributed by atoms with E-state index in [2.05, 4.69) is 16.9 Å². The van der Waals surface area contributed by atoms with Crippen LogP contribution in [-0.4, -0.2) is 5.11 Å². The molecular formula is C10H8N2OS2. The average molecular weight is 236 g/mol. The Balaban J connectivity index is 1.90. The molecular weight excluding hydrogens is 228 g/mol. The maximum absolute atomic E-state index is 9.38. The van der Waals surface area contributed by atoms with Crippen LogP contribution in [-0.2, 0) is 0 Å². The minimum atomic E-state index is 0.283. The number of rotatable bonds is 1. The summed E-state index contributed by atoms with van der Waals surface area (Å²) in [6.07, 6.45) is 0. The van der Waals surface area contributed by atoms with Crippen LogP contribution in [0.3, 0.4) is 0 Å². The molecule has 76 valence electrons. The van der Waals surface area contributed by atoms with Crippen molar-refractivity contribution in [3.05, 3.63) is 35.7 Å². The SMILES string of the molecule is Oc1cccc(N2Nc3sccc3S2)c1. The van der Waals surface area contributed by atoms with Gasteiger partial charge in [-0.3, -0.25) is 5.43 Å². The molecule has 0 spiro atoms. The maximum atomic E-state index is 9.38. The van der Waals surface area contributed by atoms with Crippen molar-refractivity contribution in [1.82, 2.24) is 0 Å². The maximum Gasteiger partial charge on any atom is 0.124 e. The number of nitrogens with one attached hydrogen (secondary N) is 1. The van der Waals surface area contributed by atoms with E-state index in [9.17, 15) is 5.11 Å². The van der Waals surface area contributed by atoms with E-state index in [1.165, 1.54) is 4.90 Å². The Kier molecular flexibility index (Phi) is 2.00. The van der Waals surface area contributed by atoms with Gasteiger partial charge in [0, 0.05) is 18.0 Å². The van der Waals surface area contributed by atoms with Gasteiger partial charge in [0.15, 0.2) is 0 Å². The molecule has 1 aromatic heterocycles. The van der Waals surface area contributed by atoms with Crippen LogP contribution in [0.1, 0.15) is 0 Å². The second kappa shape index (κ2) is 3.36. The van der Waals surface area contributed by atoms with Gasteiger partial charge in [0.2, 0.25) is 0 Å². The van der Waals surface area contributed by atoms with Crippen molar-refractivity contribution in [2.24, 2.45) is 0 Å². The van der Waals surface area contributed by atoms with Crippen molar-refractivity contribution < 1.29 is 5.11 Å². The summed E-state index contributed by atoms with van der Waals surface area (Å²) in [5.41, 5.74) is 4.21. The first-order valence-electron chi connectivity index (χ1n) is 4.44. The molecule has 0 amide bonds. The Morgan fingerprint density at radius 2 is 2.20 bits per heavy atom. The van der Waals surface area contributed by atoms with Crippen LogP contribution in [0.15, 0.2) is 40.6 Å². The van der Waals surface area contributed by atoms with Gasteiger partial charge >= 0.3 is 0 Å². The van der Waals surface area contributed by atoms with Crippen molar-refractivity contribution in [2.45, 2.75) is 4.90 Å². The van der Waals surface area contributed by atoms with E-state index in [1.807, 2.05) is 16.5 Å². The number of aromatic hydroxyl groups is 1. The number of fused-ring (bicyclic) bond motifs is 1. The van der Waals surface area contributed by atoms with Gasteiger partial charge < -0.3 is 5.11 Å². The summed E-state index contributed by atoms with van der Waals surface area (Å²) >= 11 is 3.30. The lowest BCUT2D eigenvalue weighted by Crippen LogP contribution is -2.15. The van der Waals surface area contributed by atoms with Gasteiger partial charge in [0.25, 0.3) is 0 Å². The van der Waals surface area contributed by atoms with E-state index >= 15 is 0 Å². The fraction of sp³-hybridized carbons (Fsp3) is 0. The molecule has 2 heterocycles. The predicted molar refractivity (Wildman–Crippen MR) is 64.4 cm³/mol. The Hall–Kier alpha value is -1.33. The van der Waals surface area contributed by atoms with E-state index in [1.54, 1.807) is 35.4 Å². The van der Waals surface area contributed by atoms with Gasteiger partial charge in [-0.15, -0.1) is 11.3 Å². The number of benzene rings is 1. The summed E-state index contributed by atoms with van der Waals surface area (Å²) < 4.78 is 1.95. The van der Waals surface area contributed by atoms with E-state index < -0.39 is 0 Å². The topological polar surface area (TPSA) is 35.5 Å². The Bertz CT molecular complexity index is 477. The third-order valence-corrected chi connectivity index (χ3v) is 4.06. The average Bonchev–Trinajstić information content (AvgIpc) is 2.76. The first kappa shape index (κ1) is 8.94. The van der Waals surface area contributed by atoms with E-state index in [0.717, 1.165) is 10.7 Å². The number of thiophene rings is 1. The molecule has 0 atom stereocenters. The fourth-order valence-corrected chi connectivity index (χ4v) is 3.28. The first-order valence-corrected chi connectivity index (χ1v) is 6.09. The highest BCUT2D eigenvalue weighted by Gasteiger charge is 2.21. The molecule has 2 N–H and O–H groups in total. The second-order valence-corrected chi connectivity index (χ2v) is 5.03. The molecule has 15 heavy (non-hydrogen) atoms. The summed E-state index contributed by atoms with van der Waals surface area (Å²) in [6, 6.07) is 9.27. The first-order chi connectivity index (χ1) is 7.33. The smallest absolute Gasteiger partial charge is 0.124 e. The third-order valence-electron chi connectivity index (χ3n) is 2.09. The number of phenols is 1. The largest absolute Gasteiger partial charge is 0.508 e.